The van der Waals surface area contributed by atoms with E-state index >= 15 is 0 Å². The van der Waals surface area contributed by atoms with Gasteiger partial charge in [-0.25, -0.2) is 4.79 Å². The van der Waals surface area contributed by atoms with Gasteiger partial charge < -0.3 is 101 Å². The van der Waals surface area contributed by atoms with Gasteiger partial charge in [0.1, 0.15) is 60.6 Å². The number of nitrogens with one attached hydrogen (secondary N) is 3. The number of likely N-dealkylation sites (N-methyl/N-ethyl adjacent to an activating group) is 1. The summed E-state index contributed by atoms with van der Waals surface area (Å²) in [4.78, 5) is 174. The van der Waals surface area contributed by atoms with Crippen molar-refractivity contribution in [3.05, 3.63) is 60.2 Å². The first-order valence-corrected chi connectivity index (χ1v) is 40.0. The van der Waals surface area contributed by atoms with Gasteiger partial charge in [-0.15, -0.1) is 33.2 Å². The molecule has 0 saturated carbocycles. The molecule has 3 atom stereocenters. The molecule has 13 N–H and O–H groups in total. The number of amides is 13. The molecular weight excluding hydrogens is 1680 g/mol. The summed E-state index contributed by atoms with van der Waals surface area (Å²) < 4.78 is 11.0. The van der Waals surface area contributed by atoms with Gasteiger partial charge in [0, 0.05) is 92.7 Å². The Morgan fingerprint density at radius 2 is 0.838 bits per heavy atom. The Morgan fingerprint density at radius 3 is 1.14 bits per heavy atom. The molecule has 43 nitrogen and oxygen atoms in total. The van der Waals surface area contributed by atoms with Gasteiger partial charge in [-0.1, -0.05) is 59.5 Å². The van der Waals surface area contributed by atoms with Crippen LogP contribution >= 0.6 is 18.8 Å². The molecule has 0 spiro atoms. The third kappa shape index (κ3) is 38.8. The van der Waals surface area contributed by atoms with Crippen molar-refractivity contribution in [3.63, 3.8) is 0 Å². The van der Waals surface area contributed by atoms with Crippen LogP contribution in [-0.4, -0.2) is 317 Å². The minimum atomic E-state index is -1.18. The second kappa shape index (κ2) is 52.0. The standard InChI is InChI=1S/C24H38N6O6.C21H33N11O4.C20H34N12O4.2ClH.Pt/c1-8-11-28(15-19(31)26-7)20(32)16-29(12-9-2)21(33)17-30(13-10-3)22(34)18(25)14-27-23(35)36-24(4,5)6;1-5-7-30(13-20(35)31(12-18(23)33)10-15-8-28(3)26-24-15)19(34)14-32(21(36)17(22)6-2)11-16-9-29(4)27-25-16;1-4-5-30(12-19(35)31(11-17(23)33)9-14-7-28(2)26-24-14)18(34)13-32(20(36)16(22)6-21)10-15-8-29(3)27-25-15;;;/h1,3,18H,9,11-17,25H2,2,4-7H3,(H,26,31)(H,27,35);8-9,17,22H,2,5-7,10-14H2,1,3-4H3,(H2,23,33);7-8,16H,4-6,9-13,21-22H2,1-3H3,(H2,23,33);2*1H;/q;-2;;;;+4/p-2. The van der Waals surface area contributed by atoms with Crippen LogP contribution in [0.3, 0.4) is 0 Å². The van der Waals surface area contributed by atoms with Crippen LogP contribution in [0.25, 0.3) is 5.73 Å². The summed E-state index contributed by atoms with van der Waals surface area (Å²) in [6.07, 6.45) is 18.0. The summed E-state index contributed by atoms with van der Waals surface area (Å²) in [5.74, 6) is -2.03. The summed E-state index contributed by atoms with van der Waals surface area (Å²) in [7, 11) is 17.9. The second-order valence-electron chi connectivity index (χ2n) is 25.5. The molecule has 4 rings (SSSR count). The van der Waals surface area contributed by atoms with Gasteiger partial charge in [0.05, 0.1) is 78.0 Å². The zero-order valence-corrected chi connectivity index (χ0v) is 68.2. The molecule has 0 fully saturated rings. The number of aromatic nitrogens is 12. The van der Waals surface area contributed by atoms with Crippen LogP contribution in [0.15, 0.2) is 24.8 Å². The number of terminal acetylenes is 2. The van der Waals surface area contributed by atoms with Crippen molar-refractivity contribution in [3.8, 4) is 24.7 Å². The van der Waals surface area contributed by atoms with E-state index in [4.69, 9.17) is 70.8 Å². The molecule has 618 valence electrons. The zero-order chi connectivity index (χ0) is 84.3. The topological polar surface area (TPSA) is 561 Å². The van der Waals surface area contributed by atoms with Crippen molar-refractivity contribution in [2.45, 2.75) is 117 Å². The van der Waals surface area contributed by atoms with Crippen molar-refractivity contribution in [2.24, 2.45) is 56.9 Å². The molecule has 4 aromatic heterocycles. The molecule has 46 heteroatoms. The van der Waals surface area contributed by atoms with Crippen LogP contribution in [0.2, 0.25) is 0 Å². The first-order chi connectivity index (χ1) is 52.3. The van der Waals surface area contributed by atoms with E-state index < -0.39 is 124 Å². The van der Waals surface area contributed by atoms with Gasteiger partial charge in [0.25, 0.3) is 0 Å². The fraction of sp³-hybridized carbons (Fsp3) is 0.600. The number of nitrogens with zero attached hydrogens (tertiary/aromatic N) is 21. The molecule has 0 aliphatic rings. The number of rotatable bonds is 41. The van der Waals surface area contributed by atoms with Crippen LogP contribution in [0.1, 0.15) is 90.0 Å². The van der Waals surface area contributed by atoms with E-state index in [2.05, 4.69) is 70.6 Å². The van der Waals surface area contributed by atoms with Crippen molar-refractivity contribution >= 4 is 95.8 Å². The molecule has 4 aromatic rings. The van der Waals surface area contributed by atoms with Crippen LogP contribution in [0.4, 0.5) is 4.79 Å². The molecule has 0 radical (unpaired) electrons. The number of carbonyl (C=O) groups is 13. The quantitative estimate of drug-likeness (QED) is 0.0162. The van der Waals surface area contributed by atoms with Crippen molar-refractivity contribution in [1.82, 2.24) is 115 Å². The van der Waals surface area contributed by atoms with E-state index in [0.717, 1.165) is 9.80 Å². The number of carbonyl (C=O) groups excluding carboxylic acids is 13. The van der Waals surface area contributed by atoms with Crippen molar-refractivity contribution < 1.29 is 83.5 Å². The van der Waals surface area contributed by atoms with E-state index in [1.807, 2.05) is 20.8 Å². The van der Waals surface area contributed by atoms with E-state index in [1.165, 1.54) is 60.1 Å². The van der Waals surface area contributed by atoms with E-state index in [1.54, 1.807) is 73.7 Å². The van der Waals surface area contributed by atoms with Crippen LogP contribution in [0.5, 0.6) is 0 Å². The second-order valence-corrected chi connectivity index (χ2v) is 28.8. The molecule has 13 amide bonds. The Hall–Kier alpha value is -10.3. The number of primary amides is 2. The van der Waals surface area contributed by atoms with Crippen LogP contribution in [0, 0.1) is 31.6 Å². The molecule has 4 heterocycles. The molecule has 0 aromatic carbocycles. The Balaban J connectivity index is 0.000000817. The molecule has 3 unspecified atom stereocenters. The monoisotopic (exact) mass is 1780 g/mol. The van der Waals surface area contributed by atoms with E-state index in [0.29, 0.717) is 42.0 Å². The van der Waals surface area contributed by atoms with Gasteiger partial charge in [-0.3, -0.25) is 76.3 Å². The van der Waals surface area contributed by atoms with Gasteiger partial charge in [-0.05, 0) is 40.0 Å². The first kappa shape index (κ1) is 98.7. The Morgan fingerprint density at radius 1 is 0.532 bits per heavy atom. The maximum absolute atomic E-state index is 13.2. The third-order valence-electron chi connectivity index (χ3n) is 14.7. The Kier molecular flexibility index (Phi) is 46.2. The van der Waals surface area contributed by atoms with Crippen molar-refractivity contribution in [1.29, 1.82) is 0 Å². The van der Waals surface area contributed by atoms with E-state index in [9.17, 15) is 62.3 Å². The molecule has 0 aliphatic carbocycles. The number of halogens is 2. The average Bonchev–Trinajstić information content (AvgIpc) is 1.82. The third-order valence-corrected chi connectivity index (χ3v) is 14.7. The fourth-order valence-corrected chi connectivity index (χ4v) is 9.61. The van der Waals surface area contributed by atoms with Gasteiger partial charge in [0.15, 0.2) is 0 Å². The molecule has 111 heavy (non-hydrogen) atoms. The minimum absolute atomic E-state index is 0.00753. The maximum atomic E-state index is 13.2. The van der Waals surface area contributed by atoms with E-state index in [-0.39, 0.29) is 131 Å². The summed E-state index contributed by atoms with van der Waals surface area (Å²) in [6, 6.07) is -3.33. The normalized spacial score (nSPS) is 11.4. The molecule has 0 aliphatic heterocycles. The number of alkyl carbamates (subject to hydrolysis) is 1. The predicted octanol–water partition coefficient (Wildman–Crippen LogP) is -4.90. The zero-order valence-electron chi connectivity index (χ0n) is 64.4. The van der Waals surface area contributed by atoms with Crippen LogP contribution < -0.4 is 39.3 Å². The first-order valence-electron chi connectivity index (χ1n) is 34.4. The number of hydrogen-bond acceptors (Lipinski definition) is 25. The van der Waals surface area contributed by atoms with Crippen molar-refractivity contribution in [2.75, 3.05) is 112 Å². The predicted molar refractivity (Wildman–Crippen MR) is 399 cm³/mol. The van der Waals surface area contributed by atoms with Gasteiger partial charge >= 0.3 is 41.4 Å². The molecule has 0 saturated heterocycles. The number of ether oxygens (including phenoxy) is 1. The Bertz CT molecular complexity index is 3600. The fourth-order valence-electron chi connectivity index (χ4n) is 9.61. The summed E-state index contributed by atoms with van der Waals surface area (Å²) >= 11 is -0.472. The molecular formula is C65H105Cl2N29O14Pt. The number of nitrogens with two attached hydrogens (primary N) is 5. The van der Waals surface area contributed by atoms with Gasteiger partial charge in [-0.2, -0.15) is 6.42 Å². The summed E-state index contributed by atoms with van der Waals surface area (Å²) in [5, 5.41) is 35.9. The molecule has 0 bridgehead atoms. The number of aryl methyl sites for hydroxylation is 4. The van der Waals surface area contributed by atoms with Gasteiger partial charge in [0.2, 0.25) is 70.9 Å². The summed E-state index contributed by atoms with van der Waals surface area (Å²) in [6.45, 7) is 11.1. The Labute approximate surface area is 661 Å². The van der Waals surface area contributed by atoms with Crippen LogP contribution in [-0.2, 0) is 133 Å². The average molecular weight is 1780 g/mol. The number of hydrogen-bond donors (Lipinski definition) is 7. The SMILES string of the molecule is C#CCN(CC(=O)NC)C(=O)CN(CCC)C(=O)CN(CC#C)C(=O)C(N)CNC(=O)OC(C)(C)C.CCCN(CC(=O)N(CC(N)=O)Cc1cn(C)nn1)C(=O)CN(Cc1cn(C)nn1)C(=O)C(N)CN.[CH2-]CC([NH-])C(=O)N(CC(=O)N(CCC)CC(=O)N(CC(N)=O)Cc1cn(C)nn1)Cc1cn(C)nn1.[Cl][Pt+2][Cl]. The summed E-state index contributed by atoms with van der Waals surface area (Å²) in [5.41, 5.74) is 37.0.